The topological polar surface area (TPSA) is 70.0 Å². The molecule has 0 aliphatic heterocycles. The minimum absolute atomic E-state index is 0.290. The van der Waals surface area contributed by atoms with E-state index in [0.29, 0.717) is 6.07 Å². The Morgan fingerprint density at radius 3 is 2.44 bits per heavy atom. The summed E-state index contributed by atoms with van der Waals surface area (Å²) in [5, 5.41) is 8.79. The summed E-state index contributed by atoms with van der Waals surface area (Å²) < 4.78 is 51.9. The van der Waals surface area contributed by atoms with Crippen LogP contribution in [0.2, 0.25) is 0 Å². The van der Waals surface area contributed by atoms with Gasteiger partial charge >= 0.3 is 0 Å². The van der Waals surface area contributed by atoms with Gasteiger partial charge in [0, 0.05) is 0 Å². The summed E-state index contributed by atoms with van der Waals surface area (Å²) in [6, 6.07) is 2.87. The molecule has 0 aromatic heterocycles. The van der Waals surface area contributed by atoms with Crippen LogP contribution in [-0.4, -0.2) is 14.5 Å². The molecule has 98 valence electrons. The second-order valence-electron chi connectivity index (χ2n) is 4.05. The van der Waals surface area contributed by atoms with Gasteiger partial charge in [0.25, 0.3) is 0 Å². The van der Waals surface area contributed by atoms with Gasteiger partial charge in [-0.1, -0.05) is 13.8 Å². The van der Waals surface area contributed by atoms with Crippen LogP contribution in [0.15, 0.2) is 23.1 Å². The normalized spacial score (nSPS) is 13.3. The fourth-order valence-electron chi connectivity index (χ4n) is 1.23. The molecule has 1 aromatic rings. The number of hydrogen-bond acceptors (Lipinski definition) is 3. The largest absolute Gasteiger partial charge is 0.244 e. The molecular formula is C11H12F2N2O2S. The second-order valence-corrected chi connectivity index (χ2v) is 5.73. The second kappa shape index (κ2) is 5.42. The van der Waals surface area contributed by atoms with Crippen molar-refractivity contribution in [3.8, 4) is 6.07 Å². The molecule has 1 N–H and O–H groups in total. The molecule has 0 bridgehead atoms. The van der Waals surface area contributed by atoms with Crippen LogP contribution in [-0.2, 0) is 10.0 Å². The quantitative estimate of drug-likeness (QED) is 0.910. The highest BCUT2D eigenvalue weighted by molar-refractivity contribution is 7.89. The lowest BCUT2D eigenvalue weighted by Gasteiger charge is -2.15. The zero-order valence-corrected chi connectivity index (χ0v) is 10.6. The van der Waals surface area contributed by atoms with Crippen LogP contribution in [0, 0.1) is 28.9 Å². The molecule has 1 aromatic carbocycles. The minimum Gasteiger partial charge on any atom is -0.207 e. The first-order valence-corrected chi connectivity index (χ1v) is 6.63. The Morgan fingerprint density at radius 2 is 1.94 bits per heavy atom. The monoisotopic (exact) mass is 274 g/mol. The number of nitrogens with zero attached hydrogens (tertiary/aromatic N) is 1. The van der Waals surface area contributed by atoms with Crippen LogP contribution < -0.4 is 4.72 Å². The van der Waals surface area contributed by atoms with E-state index in [0.717, 1.165) is 12.1 Å². The molecular weight excluding hydrogens is 262 g/mol. The molecule has 1 unspecified atom stereocenters. The van der Waals surface area contributed by atoms with E-state index >= 15 is 0 Å². The highest BCUT2D eigenvalue weighted by Crippen LogP contribution is 2.17. The maximum atomic E-state index is 13.4. The van der Waals surface area contributed by atoms with Gasteiger partial charge in [-0.3, -0.25) is 0 Å². The highest BCUT2D eigenvalue weighted by atomic mass is 32.2. The Hall–Kier alpha value is -1.52. The van der Waals surface area contributed by atoms with Crippen molar-refractivity contribution in [2.45, 2.75) is 24.8 Å². The maximum Gasteiger partial charge on any atom is 0.244 e. The molecule has 0 saturated carbocycles. The number of rotatable bonds is 4. The van der Waals surface area contributed by atoms with E-state index in [1.54, 1.807) is 19.9 Å². The fraction of sp³-hybridized carbons (Fsp3) is 0.364. The Morgan fingerprint density at radius 1 is 1.33 bits per heavy atom. The van der Waals surface area contributed by atoms with Gasteiger partial charge in [-0.2, -0.15) is 9.98 Å². The van der Waals surface area contributed by atoms with Gasteiger partial charge in [0.2, 0.25) is 10.0 Å². The maximum absolute atomic E-state index is 13.4. The molecule has 0 aliphatic carbocycles. The van der Waals surface area contributed by atoms with Crippen molar-refractivity contribution in [2.24, 2.45) is 5.92 Å². The minimum atomic E-state index is -4.26. The molecule has 0 aliphatic rings. The SMILES string of the molecule is CC(C)C(C#N)NS(=O)(=O)c1cc(F)ccc1F. The summed E-state index contributed by atoms with van der Waals surface area (Å²) in [5.41, 5.74) is 0. The van der Waals surface area contributed by atoms with Crippen LogP contribution in [0.5, 0.6) is 0 Å². The first-order valence-electron chi connectivity index (χ1n) is 5.15. The van der Waals surface area contributed by atoms with E-state index in [-0.39, 0.29) is 5.92 Å². The van der Waals surface area contributed by atoms with Crippen molar-refractivity contribution in [3.63, 3.8) is 0 Å². The van der Waals surface area contributed by atoms with Crippen molar-refractivity contribution in [1.82, 2.24) is 4.72 Å². The zero-order valence-electron chi connectivity index (χ0n) is 9.81. The number of halogens is 2. The van der Waals surface area contributed by atoms with Crippen molar-refractivity contribution in [2.75, 3.05) is 0 Å². The first kappa shape index (κ1) is 14.5. The van der Waals surface area contributed by atoms with Crippen LogP contribution in [0.25, 0.3) is 0 Å². The first-order chi connectivity index (χ1) is 8.27. The Labute approximate surface area is 104 Å². The Kier molecular flexibility index (Phi) is 4.38. The molecule has 0 fully saturated rings. The molecule has 7 heteroatoms. The molecule has 18 heavy (non-hydrogen) atoms. The standard InChI is InChI=1S/C11H12F2N2O2S/c1-7(2)10(6-14)15-18(16,17)11-5-8(12)3-4-9(11)13/h3-5,7,10,15H,1-2H3. The summed E-state index contributed by atoms with van der Waals surface area (Å²) in [4.78, 5) is -0.802. The predicted molar refractivity (Wildman–Crippen MR) is 60.9 cm³/mol. The summed E-state index contributed by atoms with van der Waals surface area (Å²) in [5.74, 6) is -2.22. The third kappa shape index (κ3) is 3.24. The fourth-order valence-corrected chi connectivity index (χ4v) is 2.60. The number of hydrogen-bond donors (Lipinski definition) is 1. The molecule has 4 nitrogen and oxygen atoms in total. The van der Waals surface area contributed by atoms with Crippen LogP contribution in [0.3, 0.4) is 0 Å². The summed E-state index contributed by atoms with van der Waals surface area (Å²) in [6.07, 6.45) is 0. The average Bonchev–Trinajstić information content (AvgIpc) is 2.28. The smallest absolute Gasteiger partial charge is 0.207 e. The van der Waals surface area contributed by atoms with Gasteiger partial charge in [0.05, 0.1) is 6.07 Å². The van der Waals surface area contributed by atoms with E-state index in [2.05, 4.69) is 0 Å². The zero-order chi connectivity index (χ0) is 13.9. The third-order valence-corrected chi connectivity index (χ3v) is 3.73. The summed E-state index contributed by atoms with van der Waals surface area (Å²) >= 11 is 0. The van der Waals surface area contributed by atoms with Gasteiger partial charge in [0.1, 0.15) is 22.6 Å². The lowest BCUT2D eigenvalue weighted by molar-refractivity contribution is 0.506. The number of sulfonamides is 1. The molecule has 1 atom stereocenters. The summed E-state index contributed by atoms with van der Waals surface area (Å²) in [6.45, 7) is 3.27. The Bertz CT molecular complexity index is 579. The van der Waals surface area contributed by atoms with Crippen LogP contribution >= 0.6 is 0 Å². The van der Waals surface area contributed by atoms with Gasteiger partial charge < -0.3 is 0 Å². The van der Waals surface area contributed by atoms with E-state index in [1.165, 1.54) is 0 Å². The number of nitriles is 1. The number of nitrogens with one attached hydrogen (secondary N) is 1. The highest BCUT2D eigenvalue weighted by Gasteiger charge is 2.25. The molecule has 0 spiro atoms. The predicted octanol–water partition coefficient (Wildman–Crippen LogP) is 1.79. The number of benzene rings is 1. The lowest BCUT2D eigenvalue weighted by Crippen LogP contribution is -2.37. The van der Waals surface area contributed by atoms with Crippen LogP contribution in [0.4, 0.5) is 8.78 Å². The van der Waals surface area contributed by atoms with E-state index in [9.17, 15) is 17.2 Å². The van der Waals surface area contributed by atoms with Gasteiger partial charge in [0.15, 0.2) is 0 Å². The van der Waals surface area contributed by atoms with E-state index in [4.69, 9.17) is 5.26 Å². The Balaban J connectivity index is 3.15. The van der Waals surface area contributed by atoms with Crippen molar-refractivity contribution in [3.05, 3.63) is 29.8 Å². The molecule has 0 radical (unpaired) electrons. The van der Waals surface area contributed by atoms with Crippen molar-refractivity contribution < 1.29 is 17.2 Å². The van der Waals surface area contributed by atoms with E-state index in [1.807, 2.05) is 4.72 Å². The third-order valence-electron chi connectivity index (χ3n) is 2.27. The van der Waals surface area contributed by atoms with Crippen LogP contribution in [0.1, 0.15) is 13.8 Å². The van der Waals surface area contributed by atoms with Gasteiger partial charge in [-0.05, 0) is 24.1 Å². The molecule has 0 amide bonds. The van der Waals surface area contributed by atoms with Crippen molar-refractivity contribution >= 4 is 10.0 Å². The van der Waals surface area contributed by atoms with Gasteiger partial charge in [-0.15, -0.1) is 0 Å². The van der Waals surface area contributed by atoms with E-state index < -0.39 is 32.6 Å². The average molecular weight is 274 g/mol. The van der Waals surface area contributed by atoms with Crippen molar-refractivity contribution in [1.29, 1.82) is 5.26 Å². The molecule has 1 rings (SSSR count). The lowest BCUT2D eigenvalue weighted by atomic mass is 10.1. The summed E-state index contributed by atoms with van der Waals surface area (Å²) in [7, 11) is -4.26. The van der Waals surface area contributed by atoms with Gasteiger partial charge in [-0.25, -0.2) is 17.2 Å². The molecule has 0 heterocycles. The molecule has 0 saturated heterocycles.